The topological polar surface area (TPSA) is 60.2 Å². The lowest BCUT2D eigenvalue weighted by Crippen LogP contribution is -1.98. The first-order valence-corrected chi connectivity index (χ1v) is 9.51. The van der Waals surface area contributed by atoms with E-state index in [4.69, 9.17) is 5.73 Å². The van der Waals surface area contributed by atoms with Crippen molar-refractivity contribution in [1.82, 2.24) is 0 Å². The fourth-order valence-corrected chi connectivity index (χ4v) is 3.41. The molecule has 3 nitrogen and oxygen atoms in total. The number of rotatable bonds is 3. The number of aryl methyl sites for hydroxylation is 1. The number of hydrogen-bond acceptors (Lipinski definition) is 3. The molecule has 3 aromatic carbocycles. The molecule has 0 saturated carbocycles. The zero-order valence-electron chi connectivity index (χ0n) is 13.7. The molecule has 0 radical (unpaired) electrons. The second-order valence-electron chi connectivity index (χ2n) is 5.94. The highest BCUT2D eigenvalue weighted by atomic mass is 32.2. The highest BCUT2D eigenvalue weighted by Gasteiger charge is 2.12. The van der Waals surface area contributed by atoms with Crippen LogP contribution < -0.4 is 5.73 Å². The van der Waals surface area contributed by atoms with Crippen molar-refractivity contribution >= 4 is 15.5 Å². The van der Waals surface area contributed by atoms with E-state index in [2.05, 4.69) is 6.07 Å². The monoisotopic (exact) mass is 337 g/mol. The Morgan fingerprint density at radius 2 is 1.29 bits per heavy atom. The van der Waals surface area contributed by atoms with Gasteiger partial charge in [-0.15, -0.1) is 0 Å². The third-order valence-electron chi connectivity index (χ3n) is 4.00. The smallest absolute Gasteiger partial charge is 0.175 e. The van der Waals surface area contributed by atoms with Crippen LogP contribution in [0.1, 0.15) is 5.56 Å². The molecule has 24 heavy (non-hydrogen) atoms. The first-order valence-electron chi connectivity index (χ1n) is 7.62. The van der Waals surface area contributed by atoms with Gasteiger partial charge in [0.1, 0.15) is 0 Å². The Morgan fingerprint density at radius 1 is 0.792 bits per heavy atom. The van der Waals surface area contributed by atoms with Crippen molar-refractivity contribution in [3.05, 3.63) is 72.3 Å². The lowest BCUT2D eigenvalue weighted by molar-refractivity contribution is 0.602. The summed E-state index contributed by atoms with van der Waals surface area (Å²) in [4.78, 5) is 0.306. The Labute approximate surface area is 142 Å². The second kappa shape index (κ2) is 6.13. The van der Waals surface area contributed by atoms with Crippen molar-refractivity contribution in [3.8, 4) is 22.3 Å². The third-order valence-corrected chi connectivity index (χ3v) is 5.13. The third kappa shape index (κ3) is 3.19. The van der Waals surface area contributed by atoms with Gasteiger partial charge in [0.15, 0.2) is 9.84 Å². The van der Waals surface area contributed by atoms with Gasteiger partial charge < -0.3 is 5.73 Å². The van der Waals surface area contributed by atoms with E-state index < -0.39 is 9.84 Å². The minimum atomic E-state index is -3.20. The van der Waals surface area contributed by atoms with E-state index in [0.717, 1.165) is 27.8 Å². The van der Waals surface area contributed by atoms with Crippen LogP contribution in [0, 0.1) is 6.92 Å². The van der Waals surface area contributed by atoms with E-state index >= 15 is 0 Å². The van der Waals surface area contributed by atoms with Crippen molar-refractivity contribution < 1.29 is 8.42 Å². The van der Waals surface area contributed by atoms with E-state index in [9.17, 15) is 8.42 Å². The molecule has 0 amide bonds. The Kier molecular flexibility index (Phi) is 4.16. The van der Waals surface area contributed by atoms with Crippen LogP contribution in [0.3, 0.4) is 0 Å². The molecule has 0 aliphatic carbocycles. The maximum Gasteiger partial charge on any atom is 0.175 e. The summed E-state index contributed by atoms with van der Waals surface area (Å²) in [6.45, 7) is 2.03. The number of benzene rings is 3. The number of anilines is 1. The minimum Gasteiger partial charge on any atom is -0.398 e. The van der Waals surface area contributed by atoms with Gasteiger partial charge in [-0.2, -0.15) is 0 Å². The SMILES string of the molecule is Cc1cc(-c2ccccc2)c(N)c(-c2ccc(S(C)(=O)=O)cc2)c1. The highest BCUT2D eigenvalue weighted by molar-refractivity contribution is 7.90. The summed E-state index contributed by atoms with van der Waals surface area (Å²) in [5.74, 6) is 0. The molecular formula is C20H19NO2S. The summed E-state index contributed by atoms with van der Waals surface area (Å²) < 4.78 is 23.2. The molecule has 122 valence electrons. The van der Waals surface area contributed by atoms with Crippen LogP contribution in [-0.4, -0.2) is 14.7 Å². The van der Waals surface area contributed by atoms with Crippen molar-refractivity contribution in [2.75, 3.05) is 12.0 Å². The van der Waals surface area contributed by atoms with Crippen LogP contribution in [0.15, 0.2) is 71.6 Å². The number of nitrogen functional groups attached to an aromatic ring is 1. The van der Waals surface area contributed by atoms with Gasteiger partial charge in [-0.3, -0.25) is 0 Å². The predicted molar refractivity (Wildman–Crippen MR) is 99.6 cm³/mol. The Morgan fingerprint density at radius 3 is 1.79 bits per heavy atom. The van der Waals surface area contributed by atoms with Gasteiger partial charge in [-0.05, 0) is 47.9 Å². The fraction of sp³-hybridized carbons (Fsp3) is 0.100. The van der Waals surface area contributed by atoms with Gasteiger partial charge in [0.2, 0.25) is 0 Å². The van der Waals surface area contributed by atoms with Crippen molar-refractivity contribution in [1.29, 1.82) is 0 Å². The van der Waals surface area contributed by atoms with Gasteiger partial charge in [0.05, 0.1) is 4.90 Å². The molecule has 0 heterocycles. The lowest BCUT2D eigenvalue weighted by atomic mass is 9.94. The first-order chi connectivity index (χ1) is 11.4. The molecule has 0 bridgehead atoms. The maximum atomic E-state index is 11.6. The van der Waals surface area contributed by atoms with Gasteiger partial charge in [0, 0.05) is 23.1 Å². The predicted octanol–water partition coefficient (Wildman–Crippen LogP) is 4.31. The summed E-state index contributed by atoms with van der Waals surface area (Å²) in [6, 6.07) is 20.9. The summed E-state index contributed by atoms with van der Waals surface area (Å²) in [5, 5.41) is 0. The summed E-state index contributed by atoms with van der Waals surface area (Å²) in [5.41, 5.74) is 12.1. The largest absolute Gasteiger partial charge is 0.398 e. The standard InChI is InChI=1S/C20H19NO2S/c1-14-12-18(15-6-4-3-5-7-15)20(21)19(13-14)16-8-10-17(11-9-16)24(2,22)23/h3-13H,21H2,1-2H3. The molecule has 0 spiro atoms. The average molecular weight is 337 g/mol. The molecule has 0 atom stereocenters. The van der Waals surface area contributed by atoms with E-state index in [1.807, 2.05) is 43.3 Å². The maximum absolute atomic E-state index is 11.6. The number of sulfone groups is 1. The van der Waals surface area contributed by atoms with Gasteiger partial charge in [-0.25, -0.2) is 8.42 Å². The zero-order valence-corrected chi connectivity index (χ0v) is 14.5. The van der Waals surface area contributed by atoms with Crippen LogP contribution in [0.25, 0.3) is 22.3 Å². The summed E-state index contributed by atoms with van der Waals surface area (Å²) in [7, 11) is -3.20. The fourth-order valence-electron chi connectivity index (χ4n) is 2.77. The van der Waals surface area contributed by atoms with Crippen LogP contribution in [-0.2, 0) is 9.84 Å². The molecule has 0 saturated heterocycles. The summed E-state index contributed by atoms with van der Waals surface area (Å²) in [6.07, 6.45) is 1.20. The van der Waals surface area contributed by atoms with Crippen LogP contribution >= 0.6 is 0 Å². The Bertz CT molecular complexity index is 976. The van der Waals surface area contributed by atoms with Crippen LogP contribution in [0.2, 0.25) is 0 Å². The first kappa shape index (κ1) is 16.3. The molecule has 4 heteroatoms. The summed E-state index contributed by atoms with van der Waals surface area (Å²) >= 11 is 0. The number of nitrogens with two attached hydrogens (primary N) is 1. The molecular weight excluding hydrogens is 318 g/mol. The van der Waals surface area contributed by atoms with E-state index in [1.54, 1.807) is 24.3 Å². The quantitative estimate of drug-likeness (QED) is 0.724. The second-order valence-corrected chi connectivity index (χ2v) is 7.95. The van der Waals surface area contributed by atoms with Gasteiger partial charge in [-0.1, -0.05) is 42.5 Å². The van der Waals surface area contributed by atoms with Crippen LogP contribution in [0.5, 0.6) is 0 Å². The molecule has 0 aliphatic heterocycles. The minimum absolute atomic E-state index is 0.306. The molecule has 0 unspecified atom stereocenters. The van der Waals surface area contributed by atoms with E-state index in [1.165, 1.54) is 6.26 Å². The van der Waals surface area contributed by atoms with E-state index in [-0.39, 0.29) is 0 Å². The molecule has 3 aromatic rings. The lowest BCUT2D eigenvalue weighted by Gasteiger charge is -2.14. The Hall–Kier alpha value is -2.59. The normalized spacial score (nSPS) is 11.4. The van der Waals surface area contributed by atoms with Crippen molar-refractivity contribution in [2.45, 2.75) is 11.8 Å². The van der Waals surface area contributed by atoms with Crippen molar-refractivity contribution in [2.24, 2.45) is 0 Å². The average Bonchev–Trinajstić information content (AvgIpc) is 2.57. The number of hydrogen-bond donors (Lipinski definition) is 1. The highest BCUT2D eigenvalue weighted by Crippen LogP contribution is 2.36. The van der Waals surface area contributed by atoms with Crippen molar-refractivity contribution in [3.63, 3.8) is 0 Å². The molecule has 0 aromatic heterocycles. The molecule has 2 N–H and O–H groups in total. The van der Waals surface area contributed by atoms with E-state index in [0.29, 0.717) is 10.6 Å². The van der Waals surface area contributed by atoms with Gasteiger partial charge >= 0.3 is 0 Å². The zero-order chi connectivity index (χ0) is 17.3. The Balaban J connectivity index is 2.14. The molecule has 3 rings (SSSR count). The van der Waals surface area contributed by atoms with Crippen LogP contribution in [0.4, 0.5) is 5.69 Å². The molecule has 0 fully saturated rings. The van der Waals surface area contributed by atoms with Gasteiger partial charge in [0.25, 0.3) is 0 Å². The molecule has 0 aliphatic rings.